The number of halogens is 1. The van der Waals surface area contributed by atoms with Gasteiger partial charge in [-0.25, -0.2) is 0 Å². The third-order valence-electron chi connectivity index (χ3n) is 3.81. The second-order valence-electron chi connectivity index (χ2n) is 5.02. The zero-order chi connectivity index (χ0) is 12.3. The molecular formula is C14H20ClNO. The minimum Gasteiger partial charge on any atom is -0.387 e. The summed E-state index contributed by atoms with van der Waals surface area (Å²) in [5.41, 5.74) is 1.32. The van der Waals surface area contributed by atoms with Crippen LogP contribution in [0.5, 0.6) is 0 Å². The molecule has 2 nitrogen and oxygen atoms in total. The Hall–Kier alpha value is -0.570. The van der Waals surface area contributed by atoms with Gasteiger partial charge in [-0.1, -0.05) is 36.7 Å². The van der Waals surface area contributed by atoms with Gasteiger partial charge in [0, 0.05) is 23.7 Å². The molecule has 1 aromatic rings. The molecule has 0 aliphatic heterocycles. The Labute approximate surface area is 108 Å². The summed E-state index contributed by atoms with van der Waals surface area (Å²) in [5.74, 6) is 0. The number of benzene rings is 1. The van der Waals surface area contributed by atoms with Crippen LogP contribution in [-0.2, 0) is 0 Å². The number of rotatable bonds is 6. The maximum Gasteiger partial charge on any atom is 0.0928 e. The predicted molar refractivity (Wildman–Crippen MR) is 71.2 cm³/mol. The molecule has 0 amide bonds. The second-order valence-corrected chi connectivity index (χ2v) is 5.43. The summed E-state index contributed by atoms with van der Waals surface area (Å²) in [4.78, 5) is 0. The molecule has 1 aromatic carbocycles. The Bertz CT molecular complexity index is 376. The summed E-state index contributed by atoms with van der Waals surface area (Å²) in [6, 6.07) is 7.47. The Morgan fingerprint density at radius 2 is 2.12 bits per heavy atom. The van der Waals surface area contributed by atoms with Crippen LogP contribution in [0.25, 0.3) is 0 Å². The fourth-order valence-electron chi connectivity index (χ4n) is 2.16. The van der Waals surface area contributed by atoms with Crippen molar-refractivity contribution in [2.24, 2.45) is 5.41 Å². The SMILES string of the molecule is CCC1(CNCC(O)c2ccccc2Cl)CC1. The molecule has 2 rings (SSSR count). The molecule has 1 unspecified atom stereocenters. The molecule has 1 saturated carbocycles. The minimum absolute atomic E-state index is 0.514. The van der Waals surface area contributed by atoms with Crippen LogP contribution >= 0.6 is 11.6 Å². The predicted octanol–water partition coefficient (Wildman–Crippen LogP) is 3.15. The lowest BCUT2D eigenvalue weighted by atomic mass is 10.0. The van der Waals surface area contributed by atoms with Crippen LogP contribution in [0.15, 0.2) is 24.3 Å². The molecule has 0 radical (unpaired) electrons. The van der Waals surface area contributed by atoms with Crippen LogP contribution in [0.1, 0.15) is 37.9 Å². The highest BCUT2D eigenvalue weighted by atomic mass is 35.5. The summed E-state index contributed by atoms with van der Waals surface area (Å²) in [5, 5.41) is 14.0. The number of nitrogens with one attached hydrogen (secondary N) is 1. The molecule has 3 heteroatoms. The third-order valence-corrected chi connectivity index (χ3v) is 4.15. The number of aliphatic hydroxyl groups excluding tert-OH is 1. The zero-order valence-corrected chi connectivity index (χ0v) is 11.0. The normalized spacial score (nSPS) is 19.0. The van der Waals surface area contributed by atoms with Gasteiger partial charge < -0.3 is 10.4 Å². The molecule has 17 heavy (non-hydrogen) atoms. The quantitative estimate of drug-likeness (QED) is 0.816. The largest absolute Gasteiger partial charge is 0.387 e. The van der Waals surface area contributed by atoms with Gasteiger partial charge in [-0.3, -0.25) is 0 Å². The fourth-order valence-corrected chi connectivity index (χ4v) is 2.42. The summed E-state index contributed by atoms with van der Waals surface area (Å²) < 4.78 is 0. The number of aliphatic hydroxyl groups is 1. The van der Waals surface area contributed by atoms with Crippen molar-refractivity contribution in [1.29, 1.82) is 0 Å². The lowest BCUT2D eigenvalue weighted by Crippen LogP contribution is -2.28. The Balaban J connectivity index is 1.81. The Kier molecular flexibility index (Phi) is 4.08. The molecule has 0 saturated heterocycles. The molecule has 0 bridgehead atoms. The van der Waals surface area contributed by atoms with E-state index in [4.69, 9.17) is 11.6 Å². The standard InChI is InChI=1S/C14H20ClNO/c1-2-14(7-8-14)10-16-9-13(17)11-5-3-4-6-12(11)15/h3-6,13,16-17H,2,7-10H2,1H3. The van der Waals surface area contributed by atoms with Crippen LogP contribution in [0.3, 0.4) is 0 Å². The fraction of sp³-hybridized carbons (Fsp3) is 0.571. The molecule has 1 aliphatic carbocycles. The molecule has 0 spiro atoms. The first kappa shape index (κ1) is 12.9. The lowest BCUT2D eigenvalue weighted by molar-refractivity contribution is 0.172. The Morgan fingerprint density at radius 3 is 2.71 bits per heavy atom. The van der Waals surface area contributed by atoms with E-state index < -0.39 is 6.10 Å². The van der Waals surface area contributed by atoms with Crippen molar-refractivity contribution in [2.45, 2.75) is 32.3 Å². The van der Waals surface area contributed by atoms with E-state index in [2.05, 4.69) is 12.2 Å². The molecular weight excluding hydrogens is 234 g/mol. The van der Waals surface area contributed by atoms with Crippen LogP contribution in [0.2, 0.25) is 5.02 Å². The van der Waals surface area contributed by atoms with E-state index >= 15 is 0 Å². The first-order valence-corrected chi connectivity index (χ1v) is 6.68. The average Bonchev–Trinajstić information content (AvgIpc) is 3.10. The van der Waals surface area contributed by atoms with Gasteiger partial charge in [-0.05, 0) is 30.7 Å². The highest BCUT2D eigenvalue weighted by molar-refractivity contribution is 6.31. The summed E-state index contributed by atoms with van der Waals surface area (Å²) >= 11 is 6.04. The van der Waals surface area contributed by atoms with Crippen LogP contribution in [0.4, 0.5) is 0 Å². The molecule has 0 heterocycles. The van der Waals surface area contributed by atoms with Crippen molar-refractivity contribution in [1.82, 2.24) is 5.32 Å². The first-order chi connectivity index (χ1) is 8.17. The molecule has 1 aliphatic rings. The monoisotopic (exact) mass is 253 g/mol. The molecule has 94 valence electrons. The van der Waals surface area contributed by atoms with Gasteiger partial charge in [0.05, 0.1) is 6.10 Å². The van der Waals surface area contributed by atoms with Gasteiger partial charge in [-0.2, -0.15) is 0 Å². The summed E-state index contributed by atoms with van der Waals surface area (Å²) in [6.45, 7) is 3.82. The van der Waals surface area contributed by atoms with Crippen molar-refractivity contribution in [3.05, 3.63) is 34.9 Å². The average molecular weight is 254 g/mol. The van der Waals surface area contributed by atoms with Gasteiger partial charge in [0.2, 0.25) is 0 Å². The van der Waals surface area contributed by atoms with Crippen molar-refractivity contribution < 1.29 is 5.11 Å². The number of hydrogen-bond acceptors (Lipinski definition) is 2. The van der Waals surface area contributed by atoms with Crippen LogP contribution < -0.4 is 5.32 Å². The van der Waals surface area contributed by atoms with Crippen molar-refractivity contribution in [3.8, 4) is 0 Å². The van der Waals surface area contributed by atoms with E-state index in [1.54, 1.807) is 0 Å². The van der Waals surface area contributed by atoms with E-state index in [9.17, 15) is 5.11 Å². The van der Waals surface area contributed by atoms with Crippen LogP contribution in [0, 0.1) is 5.41 Å². The van der Waals surface area contributed by atoms with E-state index in [0.717, 1.165) is 12.1 Å². The van der Waals surface area contributed by atoms with E-state index in [-0.39, 0.29) is 0 Å². The van der Waals surface area contributed by atoms with Crippen molar-refractivity contribution in [2.75, 3.05) is 13.1 Å². The smallest absolute Gasteiger partial charge is 0.0928 e. The first-order valence-electron chi connectivity index (χ1n) is 6.30. The molecule has 2 N–H and O–H groups in total. The summed E-state index contributed by atoms with van der Waals surface area (Å²) in [7, 11) is 0. The Morgan fingerprint density at radius 1 is 1.41 bits per heavy atom. The van der Waals surface area contributed by atoms with E-state index in [0.29, 0.717) is 17.0 Å². The third kappa shape index (κ3) is 3.21. The van der Waals surface area contributed by atoms with E-state index in [1.807, 2.05) is 24.3 Å². The topological polar surface area (TPSA) is 32.3 Å². The van der Waals surface area contributed by atoms with Gasteiger partial charge in [0.25, 0.3) is 0 Å². The number of hydrogen-bond donors (Lipinski definition) is 2. The van der Waals surface area contributed by atoms with Gasteiger partial charge in [0.1, 0.15) is 0 Å². The highest BCUT2D eigenvalue weighted by Crippen LogP contribution is 2.47. The van der Waals surface area contributed by atoms with Gasteiger partial charge in [0.15, 0.2) is 0 Å². The van der Waals surface area contributed by atoms with Gasteiger partial charge >= 0.3 is 0 Å². The lowest BCUT2D eigenvalue weighted by Gasteiger charge is -2.17. The van der Waals surface area contributed by atoms with Gasteiger partial charge in [-0.15, -0.1) is 0 Å². The summed E-state index contributed by atoms with van der Waals surface area (Å²) in [6.07, 6.45) is 3.34. The van der Waals surface area contributed by atoms with Crippen molar-refractivity contribution in [3.63, 3.8) is 0 Å². The maximum atomic E-state index is 10.0. The molecule has 0 aromatic heterocycles. The second kappa shape index (κ2) is 5.38. The maximum absolute atomic E-state index is 10.0. The van der Waals surface area contributed by atoms with Crippen molar-refractivity contribution >= 4 is 11.6 Å². The zero-order valence-electron chi connectivity index (χ0n) is 10.2. The van der Waals surface area contributed by atoms with Crippen LogP contribution in [-0.4, -0.2) is 18.2 Å². The molecule has 1 fully saturated rings. The molecule has 1 atom stereocenters. The minimum atomic E-state index is -0.517. The highest BCUT2D eigenvalue weighted by Gasteiger charge is 2.39. The van der Waals surface area contributed by atoms with E-state index in [1.165, 1.54) is 19.3 Å².